The third kappa shape index (κ3) is 9.16. The van der Waals surface area contributed by atoms with E-state index in [0.717, 1.165) is 17.0 Å². The van der Waals surface area contributed by atoms with Crippen LogP contribution in [0.4, 0.5) is 15.8 Å². The predicted octanol–water partition coefficient (Wildman–Crippen LogP) is 6.87. The highest BCUT2D eigenvalue weighted by Gasteiger charge is 2.42. The second-order valence-corrected chi connectivity index (χ2v) is 16.2. The number of carbonyl (C=O) groups is 2. The molecule has 0 bridgehead atoms. The predicted molar refractivity (Wildman–Crippen MR) is 183 cm³/mol. The summed E-state index contributed by atoms with van der Waals surface area (Å²) in [5.41, 5.74) is 6.04. The lowest BCUT2D eigenvalue weighted by Crippen LogP contribution is -2.55. The van der Waals surface area contributed by atoms with Gasteiger partial charge in [0.1, 0.15) is 16.4 Å². The summed E-state index contributed by atoms with van der Waals surface area (Å²) in [6.07, 6.45) is 1.00. The van der Waals surface area contributed by atoms with Crippen LogP contribution in [0, 0.1) is 5.82 Å². The third-order valence-electron chi connectivity index (χ3n) is 7.37. The van der Waals surface area contributed by atoms with Gasteiger partial charge >= 0.3 is 11.9 Å². The molecule has 1 aliphatic heterocycles. The van der Waals surface area contributed by atoms with Crippen molar-refractivity contribution >= 4 is 56.3 Å². The molecule has 0 saturated carbocycles. The molecule has 1 aromatic heterocycles. The summed E-state index contributed by atoms with van der Waals surface area (Å²) in [5.74, 6) is -2.28. The first kappa shape index (κ1) is 36.4. The lowest BCUT2D eigenvalue weighted by atomic mass is 9.89. The molecule has 1 saturated heterocycles. The van der Waals surface area contributed by atoms with Gasteiger partial charge in [-0.15, -0.1) is 11.3 Å². The molecule has 10 nitrogen and oxygen atoms in total. The summed E-state index contributed by atoms with van der Waals surface area (Å²) >= 11 is 7.86. The van der Waals surface area contributed by atoms with E-state index in [1.807, 2.05) is 38.1 Å². The zero-order chi connectivity index (χ0) is 34.7. The van der Waals surface area contributed by atoms with Crippen LogP contribution in [0.15, 0.2) is 42.5 Å². The lowest BCUT2D eigenvalue weighted by molar-refractivity contribution is -0.145. The number of nitrogens with two attached hydrogens (primary N) is 1. The molecule has 256 valence electrons. The van der Waals surface area contributed by atoms with E-state index in [4.69, 9.17) is 31.5 Å². The highest BCUT2D eigenvalue weighted by Crippen LogP contribution is 2.46. The van der Waals surface area contributed by atoms with Gasteiger partial charge in [0.15, 0.2) is 17.2 Å². The van der Waals surface area contributed by atoms with Gasteiger partial charge in [-0.05, 0) is 90.3 Å². The number of benzene rings is 2. The molecule has 0 radical (unpaired) electrons. The van der Waals surface area contributed by atoms with Gasteiger partial charge in [0, 0.05) is 35.1 Å². The second-order valence-electron chi connectivity index (χ2n) is 12.9. The summed E-state index contributed by atoms with van der Waals surface area (Å²) in [6.45, 7) is 10.6. The van der Waals surface area contributed by atoms with E-state index in [-0.39, 0.29) is 40.4 Å². The van der Waals surface area contributed by atoms with Crippen LogP contribution in [-0.4, -0.2) is 61.6 Å². The van der Waals surface area contributed by atoms with Crippen LogP contribution in [0.25, 0.3) is 10.4 Å². The lowest BCUT2D eigenvalue weighted by Gasteiger charge is -2.45. The molecule has 0 unspecified atom stereocenters. The van der Waals surface area contributed by atoms with Crippen molar-refractivity contribution in [2.24, 2.45) is 0 Å². The topological polar surface area (TPSA) is 137 Å². The number of ether oxygens (including phenoxy) is 3. The number of carbonyl (C=O) groups excluding carboxylic acids is 2. The number of hydrogen-bond acceptors (Lipinski definition) is 10. The molecule has 0 aliphatic carbocycles. The molecule has 2 heterocycles. The number of thiophene rings is 1. The maximum atomic E-state index is 14.4. The van der Waals surface area contributed by atoms with Gasteiger partial charge in [0.2, 0.25) is 10.0 Å². The number of anilines is 2. The van der Waals surface area contributed by atoms with Crippen LogP contribution in [0.3, 0.4) is 0 Å². The minimum atomic E-state index is -3.84. The fourth-order valence-electron chi connectivity index (χ4n) is 5.49. The van der Waals surface area contributed by atoms with Gasteiger partial charge in [-0.2, -0.15) is 4.31 Å². The Kier molecular flexibility index (Phi) is 11.2. The Hall–Kier alpha value is -3.39. The quantitative estimate of drug-likeness (QED) is 0.161. The minimum absolute atomic E-state index is 0.0365. The molecular weight excluding hydrogens is 669 g/mol. The number of halogens is 2. The smallest absolute Gasteiger partial charge is 0.352 e. The molecule has 3 aromatic rings. The zero-order valence-electron chi connectivity index (χ0n) is 27.3. The van der Waals surface area contributed by atoms with Crippen LogP contribution >= 0.6 is 22.9 Å². The van der Waals surface area contributed by atoms with Gasteiger partial charge in [0.05, 0.1) is 17.2 Å². The molecule has 0 amide bonds. The molecule has 47 heavy (non-hydrogen) atoms. The van der Waals surface area contributed by atoms with Crippen molar-refractivity contribution in [3.8, 4) is 16.2 Å². The fraction of sp³-hybridized carbons (Fsp3) is 0.455. The highest BCUT2D eigenvalue weighted by atomic mass is 35.5. The van der Waals surface area contributed by atoms with E-state index in [9.17, 15) is 22.4 Å². The SMILES string of the molecule is CCOC(=O)COc1c(C(=O)OC(C)(C)C)sc(-c2cccc(N[C@H]3CCN(S(=O)(=O)Cc4cc(N)ccc4F)C(C)(C)C3)c2)c1Cl. The first-order chi connectivity index (χ1) is 21.9. The molecule has 2 aromatic carbocycles. The van der Waals surface area contributed by atoms with Gasteiger partial charge in [0.25, 0.3) is 0 Å². The second kappa shape index (κ2) is 14.4. The number of hydrogen-bond donors (Lipinski definition) is 2. The molecule has 1 atom stereocenters. The van der Waals surface area contributed by atoms with E-state index >= 15 is 0 Å². The van der Waals surface area contributed by atoms with E-state index in [1.54, 1.807) is 27.7 Å². The van der Waals surface area contributed by atoms with Crippen molar-refractivity contribution in [1.29, 1.82) is 0 Å². The third-order valence-corrected chi connectivity index (χ3v) is 11.1. The average Bonchev–Trinajstić information content (AvgIpc) is 3.28. The van der Waals surface area contributed by atoms with Crippen molar-refractivity contribution in [2.45, 2.75) is 77.3 Å². The maximum absolute atomic E-state index is 14.4. The average molecular weight is 710 g/mol. The molecule has 0 spiro atoms. The Bertz CT molecular complexity index is 1740. The Morgan fingerprint density at radius 2 is 1.91 bits per heavy atom. The van der Waals surface area contributed by atoms with E-state index < -0.39 is 51.3 Å². The number of sulfonamides is 1. The van der Waals surface area contributed by atoms with Crippen LogP contribution < -0.4 is 15.8 Å². The molecular formula is C33H41ClFN3O7S2. The molecule has 3 N–H and O–H groups in total. The fourth-order valence-corrected chi connectivity index (χ4v) is 8.91. The summed E-state index contributed by atoms with van der Waals surface area (Å²) in [6, 6.07) is 11.3. The van der Waals surface area contributed by atoms with Crippen LogP contribution in [0.5, 0.6) is 5.75 Å². The summed E-state index contributed by atoms with van der Waals surface area (Å²) < 4.78 is 58.9. The number of nitrogen functional groups attached to an aromatic ring is 1. The summed E-state index contributed by atoms with van der Waals surface area (Å²) in [4.78, 5) is 25.8. The first-order valence-corrected chi connectivity index (χ1v) is 18.0. The maximum Gasteiger partial charge on any atom is 0.352 e. The molecule has 1 aliphatic rings. The minimum Gasteiger partial charge on any atom is -0.479 e. The first-order valence-electron chi connectivity index (χ1n) is 15.2. The molecule has 1 fully saturated rings. The van der Waals surface area contributed by atoms with Crippen LogP contribution in [-0.2, 0) is 30.0 Å². The van der Waals surface area contributed by atoms with Crippen molar-refractivity contribution in [3.05, 3.63) is 63.7 Å². The summed E-state index contributed by atoms with van der Waals surface area (Å²) in [7, 11) is -3.84. The Morgan fingerprint density at radius 3 is 2.57 bits per heavy atom. The van der Waals surface area contributed by atoms with Crippen LogP contribution in [0.1, 0.15) is 69.6 Å². The highest BCUT2D eigenvalue weighted by molar-refractivity contribution is 7.88. The number of nitrogens with one attached hydrogen (secondary N) is 1. The van der Waals surface area contributed by atoms with E-state index in [2.05, 4.69) is 5.32 Å². The van der Waals surface area contributed by atoms with Crippen molar-refractivity contribution < 1.29 is 36.6 Å². The van der Waals surface area contributed by atoms with Gasteiger partial charge in [-0.1, -0.05) is 23.7 Å². The van der Waals surface area contributed by atoms with Gasteiger partial charge in [-0.25, -0.2) is 22.4 Å². The molecule has 14 heteroatoms. The van der Waals surface area contributed by atoms with Gasteiger partial charge in [-0.3, -0.25) is 0 Å². The standard InChI is InChI=1S/C33H41ClFN3O7S2/c1-7-43-26(39)18-44-28-27(34)29(46-30(28)31(40)45-32(2,3)4)20-9-8-10-23(16-20)37-24-13-14-38(33(5,6)17-24)47(41,42)19-21-15-22(36)11-12-25(21)35/h8-12,15-16,24,37H,7,13-14,17-19,36H2,1-6H3/t24-/m0/s1. The van der Waals surface area contributed by atoms with Gasteiger partial charge < -0.3 is 25.3 Å². The van der Waals surface area contributed by atoms with Crippen molar-refractivity contribution in [2.75, 3.05) is 30.8 Å². The van der Waals surface area contributed by atoms with Crippen molar-refractivity contribution in [1.82, 2.24) is 4.31 Å². The zero-order valence-corrected chi connectivity index (χ0v) is 29.7. The number of piperidine rings is 1. The van der Waals surface area contributed by atoms with Crippen molar-refractivity contribution in [3.63, 3.8) is 0 Å². The Labute approximate surface area is 284 Å². The monoisotopic (exact) mass is 709 g/mol. The molecule has 4 rings (SSSR count). The number of esters is 2. The number of rotatable bonds is 11. The van der Waals surface area contributed by atoms with E-state index in [1.165, 1.54) is 22.5 Å². The largest absolute Gasteiger partial charge is 0.479 e. The van der Waals surface area contributed by atoms with Crippen LogP contribution in [0.2, 0.25) is 5.02 Å². The summed E-state index contributed by atoms with van der Waals surface area (Å²) in [5, 5.41) is 3.67. The normalized spacial score (nSPS) is 16.8. The number of nitrogens with zero attached hydrogens (tertiary/aromatic N) is 1. The van der Waals surface area contributed by atoms with E-state index in [0.29, 0.717) is 29.0 Å². The Morgan fingerprint density at radius 1 is 1.19 bits per heavy atom. The Balaban J connectivity index is 1.54.